The molecule has 0 aromatic heterocycles. The highest BCUT2D eigenvalue weighted by Crippen LogP contribution is 2.35. The van der Waals surface area contributed by atoms with E-state index in [-0.39, 0.29) is 12.4 Å². The SMILES string of the molecule is Cl.Nc1ccc(-c2ccc(N)cc2Cl)c(Cl)c1. The van der Waals surface area contributed by atoms with Crippen molar-refractivity contribution in [2.24, 2.45) is 0 Å². The molecule has 0 fully saturated rings. The Balaban J connectivity index is 0.00000144. The molecule has 0 radical (unpaired) electrons. The number of hydrogen-bond acceptors (Lipinski definition) is 2. The number of hydrogen-bond donors (Lipinski definition) is 2. The predicted octanol–water partition coefficient (Wildman–Crippen LogP) is 4.25. The monoisotopic (exact) mass is 288 g/mol. The van der Waals surface area contributed by atoms with Crippen LogP contribution in [0.25, 0.3) is 11.1 Å². The molecule has 0 saturated heterocycles. The Morgan fingerprint density at radius 3 is 1.35 bits per heavy atom. The first-order chi connectivity index (χ1) is 7.58. The molecule has 17 heavy (non-hydrogen) atoms. The van der Waals surface area contributed by atoms with Gasteiger partial charge in [-0.15, -0.1) is 12.4 Å². The predicted molar refractivity (Wildman–Crippen MR) is 78.0 cm³/mol. The Morgan fingerprint density at radius 2 is 1.06 bits per heavy atom. The fourth-order valence-corrected chi connectivity index (χ4v) is 2.08. The summed E-state index contributed by atoms with van der Waals surface area (Å²) in [6, 6.07) is 10.7. The third-order valence-electron chi connectivity index (χ3n) is 2.28. The van der Waals surface area contributed by atoms with Crippen LogP contribution in [-0.4, -0.2) is 0 Å². The lowest BCUT2D eigenvalue weighted by atomic mass is 10.0. The molecule has 0 aliphatic heterocycles. The molecule has 0 unspecified atom stereocenters. The summed E-state index contributed by atoms with van der Waals surface area (Å²) in [5, 5.41) is 1.15. The van der Waals surface area contributed by atoms with Gasteiger partial charge in [0.15, 0.2) is 0 Å². The number of anilines is 2. The smallest absolute Gasteiger partial charge is 0.0505 e. The van der Waals surface area contributed by atoms with E-state index in [9.17, 15) is 0 Å². The zero-order valence-electron chi connectivity index (χ0n) is 8.78. The fraction of sp³-hybridized carbons (Fsp3) is 0. The van der Waals surface area contributed by atoms with Gasteiger partial charge in [0, 0.05) is 22.5 Å². The topological polar surface area (TPSA) is 52.0 Å². The van der Waals surface area contributed by atoms with Crippen LogP contribution in [0.3, 0.4) is 0 Å². The van der Waals surface area contributed by atoms with Crippen LogP contribution >= 0.6 is 35.6 Å². The molecule has 2 aromatic rings. The summed E-state index contributed by atoms with van der Waals surface area (Å²) in [6.07, 6.45) is 0. The number of benzene rings is 2. The lowest BCUT2D eigenvalue weighted by Crippen LogP contribution is -1.88. The van der Waals surface area contributed by atoms with E-state index in [1.807, 2.05) is 12.1 Å². The van der Waals surface area contributed by atoms with Gasteiger partial charge >= 0.3 is 0 Å². The van der Waals surface area contributed by atoms with Crippen molar-refractivity contribution in [2.75, 3.05) is 11.5 Å². The van der Waals surface area contributed by atoms with Gasteiger partial charge in [0.25, 0.3) is 0 Å². The lowest BCUT2D eigenvalue weighted by Gasteiger charge is -2.08. The molecule has 4 N–H and O–H groups in total. The van der Waals surface area contributed by atoms with Gasteiger partial charge < -0.3 is 11.5 Å². The number of rotatable bonds is 1. The largest absolute Gasteiger partial charge is 0.399 e. The van der Waals surface area contributed by atoms with Crippen molar-refractivity contribution in [3.05, 3.63) is 46.4 Å². The number of nitrogen functional groups attached to an aromatic ring is 2. The molecule has 0 heterocycles. The van der Waals surface area contributed by atoms with E-state index in [1.54, 1.807) is 24.3 Å². The molecule has 0 aliphatic carbocycles. The molecule has 0 amide bonds. The molecule has 0 bridgehead atoms. The minimum absolute atomic E-state index is 0. The molecule has 0 aliphatic rings. The van der Waals surface area contributed by atoms with Crippen molar-refractivity contribution in [1.29, 1.82) is 0 Å². The fourth-order valence-electron chi connectivity index (χ4n) is 1.50. The zero-order valence-corrected chi connectivity index (χ0v) is 11.1. The van der Waals surface area contributed by atoms with Gasteiger partial charge in [-0.05, 0) is 24.3 Å². The second-order valence-electron chi connectivity index (χ2n) is 3.48. The molecular weight excluding hydrogens is 279 g/mol. The molecule has 2 aromatic carbocycles. The van der Waals surface area contributed by atoms with Crippen molar-refractivity contribution in [2.45, 2.75) is 0 Å². The maximum absolute atomic E-state index is 6.11. The Bertz CT molecular complexity index is 492. The van der Waals surface area contributed by atoms with Gasteiger partial charge in [-0.2, -0.15) is 0 Å². The van der Waals surface area contributed by atoms with Crippen molar-refractivity contribution in [1.82, 2.24) is 0 Å². The van der Waals surface area contributed by atoms with E-state index >= 15 is 0 Å². The molecule has 5 heteroatoms. The van der Waals surface area contributed by atoms with Gasteiger partial charge in [0.05, 0.1) is 10.0 Å². The van der Waals surface area contributed by atoms with Gasteiger partial charge in [0.1, 0.15) is 0 Å². The second kappa shape index (κ2) is 5.50. The Labute approximate surface area is 116 Å². The van der Waals surface area contributed by atoms with Gasteiger partial charge in [-0.1, -0.05) is 35.3 Å². The minimum atomic E-state index is 0. The maximum atomic E-state index is 6.11. The molecule has 90 valence electrons. The van der Waals surface area contributed by atoms with E-state index in [1.165, 1.54) is 0 Å². The molecule has 0 spiro atoms. The van der Waals surface area contributed by atoms with Crippen molar-refractivity contribution >= 4 is 47.0 Å². The Morgan fingerprint density at radius 1 is 0.706 bits per heavy atom. The Kier molecular flexibility index (Phi) is 4.52. The van der Waals surface area contributed by atoms with E-state index < -0.39 is 0 Å². The molecule has 0 saturated carbocycles. The lowest BCUT2D eigenvalue weighted by molar-refractivity contribution is 1.60. The van der Waals surface area contributed by atoms with Crippen LogP contribution in [0, 0.1) is 0 Å². The standard InChI is InChI=1S/C12H10Cl2N2.ClH/c13-11-5-7(15)1-3-9(11)10-4-2-8(16)6-12(10)14;/h1-6H,15-16H2;1H. The first-order valence-corrected chi connectivity index (χ1v) is 5.44. The van der Waals surface area contributed by atoms with E-state index in [0.29, 0.717) is 21.4 Å². The summed E-state index contributed by atoms with van der Waals surface area (Å²) < 4.78 is 0. The van der Waals surface area contributed by atoms with Crippen LogP contribution in [0.1, 0.15) is 0 Å². The molecule has 2 nitrogen and oxygen atoms in total. The first-order valence-electron chi connectivity index (χ1n) is 4.68. The molecule has 2 rings (SSSR count). The Hall–Kier alpha value is -1.09. The zero-order chi connectivity index (χ0) is 11.7. The van der Waals surface area contributed by atoms with E-state index in [2.05, 4.69) is 0 Å². The first kappa shape index (κ1) is 14.0. The van der Waals surface area contributed by atoms with Crippen LogP contribution in [0.15, 0.2) is 36.4 Å². The quantitative estimate of drug-likeness (QED) is 0.771. The summed E-state index contributed by atoms with van der Waals surface area (Å²) >= 11 is 12.2. The normalized spacial score (nSPS) is 9.76. The van der Waals surface area contributed by atoms with E-state index in [4.69, 9.17) is 34.7 Å². The van der Waals surface area contributed by atoms with Gasteiger partial charge in [-0.3, -0.25) is 0 Å². The summed E-state index contributed by atoms with van der Waals surface area (Å²) in [5.41, 5.74) is 14.2. The minimum Gasteiger partial charge on any atom is -0.399 e. The summed E-state index contributed by atoms with van der Waals surface area (Å²) in [4.78, 5) is 0. The van der Waals surface area contributed by atoms with Crippen LogP contribution in [-0.2, 0) is 0 Å². The van der Waals surface area contributed by atoms with Crippen LogP contribution < -0.4 is 11.5 Å². The van der Waals surface area contributed by atoms with Crippen LogP contribution in [0.5, 0.6) is 0 Å². The number of nitrogens with two attached hydrogens (primary N) is 2. The van der Waals surface area contributed by atoms with Crippen molar-refractivity contribution in [3.8, 4) is 11.1 Å². The molecule has 0 atom stereocenters. The summed E-state index contributed by atoms with van der Waals surface area (Å²) in [5.74, 6) is 0. The molecular formula is C12H11Cl3N2. The highest BCUT2D eigenvalue weighted by atomic mass is 35.5. The van der Waals surface area contributed by atoms with Crippen molar-refractivity contribution < 1.29 is 0 Å². The number of halogens is 3. The van der Waals surface area contributed by atoms with Crippen LogP contribution in [0.4, 0.5) is 11.4 Å². The maximum Gasteiger partial charge on any atom is 0.0505 e. The second-order valence-corrected chi connectivity index (χ2v) is 4.29. The van der Waals surface area contributed by atoms with Crippen LogP contribution in [0.2, 0.25) is 10.0 Å². The summed E-state index contributed by atoms with van der Waals surface area (Å²) in [6.45, 7) is 0. The van der Waals surface area contributed by atoms with Gasteiger partial charge in [0.2, 0.25) is 0 Å². The third kappa shape index (κ3) is 2.97. The third-order valence-corrected chi connectivity index (χ3v) is 2.90. The summed E-state index contributed by atoms with van der Waals surface area (Å²) in [7, 11) is 0. The average Bonchev–Trinajstić information content (AvgIpc) is 2.19. The van der Waals surface area contributed by atoms with Gasteiger partial charge in [-0.25, -0.2) is 0 Å². The highest BCUT2D eigenvalue weighted by Gasteiger charge is 2.07. The van der Waals surface area contributed by atoms with Crippen molar-refractivity contribution in [3.63, 3.8) is 0 Å². The average molecular weight is 290 g/mol. The highest BCUT2D eigenvalue weighted by molar-refractivity contribution is 6.36. The van der Waals surface area contributed by atoms with E-state index in [0.717, 1.165) is 11.1 Å².